The summed E-state index contributed by atoms with van der Waals surface area (Å²) in [4.78, 5) is 4.35. The van der Waals surface area contributed by atoms with E-state index in [0.29, 0.717) is 11.3 Å². The molecule has 0 saturated carbocycles. The van der Waals surface area contributed by atoms with Crippen molar-refractivity contribution in [3.05, 3.63) is 53.0 Å². The van der Waals surface area contributed by atoms with Gasteiger partial charge < -0.3 is 0 Å². The Morgan fingerprint density at radius 3 is 2.17 bits per heavy atom. The van der Waals surface area contributed by atoms with Crippen LogP contribution in [-0.4, -0.2) is 34.0 Å². The first kappa shape index (κ1) is 21.0. The van der Waals surface area contributed by atoms with Crippen molar-refractivity contribution in [1.82, 2.24) is 25.6 Å². The first-order valence-electron chi connectivity index (χ1n) is 9.12. The molecular weight excluding hydrogens is 393 g/mol. The minimum absolute atomic E-state index is 0.0455. The van der Waals surface area contributed by atoms with Gasteiger partial charge in [0.1, 0.15) is 10.6 Å². The highest BCUT2D eigenvalue weighted by Crippen LogP contribution is 2.37. The molecule has 0 atom stereocenters. The zero-order chi connectivity index (χ0) is 21.6. The molecule has 0 bridgehead atoms. The first-order valence-corrected chi connectivity index (χ1v) is 10.6. The minimum atomic E-state index is -3.97. The lowest BCUT2D eigenvalue weighted by Crippen LogP contribution is -2.31. The predicted molar refractivity (Wildman–Crippen MR) is 107 cm³/mol. The molecule has 2 heterocycles. The number of H-pyrrole nitrogens is 1. The summed E-state index contributed by atoms with van der Waals surface area (Å²) in [5.74, 6) is -0.435. The average Bonchev–Trinajstić information content (AvgIpc) is 3.14. The highest BCUT2D eigenvalue weighted by Gasteiger charge is 2.41. The van der Waals surface area contributed by atoms with Crippen LogP contribution in [0.4, 0.5) is 4.39 Å². The number of rotatable bonds is 4. The Balaban J connectivity index is 2.05. The molecule has 0 aliphatic rings. The van der Waals surface area contributed by atoms with Crippen molar-refractivity contribution in [1.29, 1.82) is 0 Å². The largest absolute Gasteiger partial charge is 0.241 e. The van der Waals surface area contributed by atoms with E-state index >= 15 is 0 Å². The molecule has 3 aromatic rings. The fourth-order valence-electron chi connectivity index (χ4n) is 3.31. The Morgan fingerprint density at radius 2 is 1.66 bits per heavy atom. The van der Waals surface area contributed by atoms with Crippen molar-refractivity contribution in [2.75, 3.05) is 0 Å². The van der Waals surface area contributed by atoms with Gasteiger partial charge in [0.25, 0.3) is 0 Å². The van der Waals surface area contributed by atoms with Gasteiger partial charge in [-0.15, -0.1) is 10.2 Å². The van der Waals surface area contributed by atoms with Crippen LogP contribution in [0.3, 0.4) is 0 Å². The van der Waals surface area contributed by atoms with Gasteiger partial charge in [-0.2, -0.15) is 5.21 Å². The number of benzene rings is 1. The monoisotopic (exact) mass is 417 g/mol. The molecule has 9 heteroatoms. The van der Waals surface area contributed by atoms with Gasteiger partial charge in [0.05, 0.1) is 0 Å². The van der Waals surface area contributed by atoms with Gasteiger partial charge >= 0.3 is 0 Å². The predicted octanol–water partition coefficient (Wildman–Crippen LogP) is 3.72. The zero-order valence-electron chi connectivity index (χ0n) is 17.3. The summed E-state index contributed by atoms with van der Waals surface area (Å²) in [5.41, 5.74) is 1.89. The molecular formula is C20H24FN5O2S. The highest BCUT2D eigenvalue weighted by atomic mass is 32.2. The van der Waals surface area contributed by atoms with Crippen LogP contribution < -0.4 is 0 Å². The molecule has 1 aromatic carbocycles. The average molecular weight is 418 g/mol. The van der Waals surface area contributed by atoms with Crippen molar-refractivity contribution in [2.45, 2.75) is 56.7 Å². The summed E-state index contributed by atoms with van der Waals surface area (Å²) in [5, 5.41) is 13.3. The molecule has 1 N–H and O–H groups in total. The molecule has 29 heavy (non-hydrogen) atoms. The second kappa shape index (κ2) is 6.98. The maximum absolute atomic E-state index is 14.9. The molecule has 0 aliphatic heterocycles. The summed E-state index contributed by atoms with van der Waals surface area (Å²) >= 11 is 0. The van der Waals surface area contributed by atoms with Crippen LogP contribution >= 0.6 is 0 Å². The number of nitrogens with zero attached hydrogens (tertiary/aromatic N) is 4. The number of hydrogen-bond donors (Lipinski definition) is 1. The van der Waals surface area contributed by atoms with Crippen LogP contribution in [0.25, 0.3) is 11.4 Å². The Bertz CT molecular complexity index is 1150. The normalized spacial score (nSPS) is 12.9. The van der Waals surface area contributed by atoms with Gasteiger partial charge in [-0.3, -0.25) is 0 Å². The van der Waals surface area contributed by atoms with Crippen molar-refractivity contribution in [2.24, 2.45) is 0 Å². The van der Waals surface area contributed by atoms with Gasteiger partial charge in [0.15, 0.2) is 5.03 Å². The SMILES string of the molecule is Cc1nc(S(=O)(=O)C(C)(C)c2ccc(-c3nn[nH]n3)cc2F)ccc1C(C)(C)C. The van der Waals surface area contributed by atoms with Crippen LogP contribution in [0, 0.1) is 12.7 Å². The lowest BCUT2D eigenvalue weighted by atomic mass is 9.86. The summed E-state index contributed by atoms with van der Waals surface area (Å²) < 4.78 is 40.1. The van der Waals surface area contributed by atoms with Crippen LogP contribution in [0.2, 0.25) is 0 Å². The van der Waals surface area contributed by atoms with Gasteiger partial charge in [0, 0.05) is 16.8 Å². The van der Waals surface area contributed by atoms with Crippen molar-refractivity contribution in [3.8, 4) is 11.4 Å². The number of halogens is 1. The van der Waals surface area contributed by atoms with Crippen molar-refractivity contribution >= 4 is 9.84 Å². The van der Waals surface area contributed by atoms with Crippen LogP contribution in [0.15, 0.2) is 35.4 Å². The van der Waals surface area contributed by atoms with Crippen molar-refractivity contribution in [3.63, 3.8) is 0 Å². The van der Waals surface area contributed by atoms with Gasteiger partial charge in [-0.25, -0.2) is 17.8 Å². The standard InChI is InChI=1S/C20H24FN5O2S/c1-12-14(19(2,3)4)9-10-17(22-12)29(27,28)20(5,6)15-8-7-13(11-16(15)21)18-23-25-26-24-18/h7-11H,1-6H3,(H,23,24,25,26). The van der Waals surface area contributed by atoms with Crippen LogP contribution in [0.5, 0.6) is 0 Å². The summed E-state index contributed by atoms with van der Waals surface area (Å²) in [7, 11) is -3.97. The quantitative estimate of drug-likeness (QED) is 0.694. The Morgan fingerprint density at radius 1 is 1.00 bits per heavy atom. The molecule has 0 fully saturated rings. The molecule has 0 radical (unpaired) electrons. The summed E-state index contributed by atoms with van der Waals surface area (Å²) in [6, 6.07) is 7.49. The molecule has 0 spiro atoms. The Hall–Kier alpha value is -2.68. The maximum atomic E-state index is 14.9. The number of pyridine rings is 1. The van der Waals surface area contributed by atoms with E-state index in [1.54, 1.807) is 19.1 Å². The van der Waals surface area contributed by atoms with Crippen molar-refractivity contribution < 1.29 is 12.8 Å². The third-order valence-electron chi connectivity index (χ3n) is 5.04. The summed E-state index contributed by atoms with van der Waals surface area (Å²) in [6.45, 7) is 10.8. The van der Waals surface area contributed by atoms with Gasteiger partial charge in [-0.1, -0.05) is 39.0 Å². The van der Waals surface area contributed by atoms with E-state index in [1.165, 1.54) is 32.0 Å². The molecule has 154 valence electrons. The number of aromatic nitrogens is 5. The topological polar surface area (TPSA) is 101 Å². The molecule has 0 saturated heterocycles. The van der Waals surface area contributed by atoms with E-state index in [9.17, 15) is 12.8 Å². The Labute approximate surface area is 169 Å². The van der Waals surface area contributed by atoms with E-state index in [1.807, 2.05) is 20.8 Å². The third kappa shape index (κ3) is 3.66. The minimum Gasteiger partial charge on any atom is -0.241 e. The number of aromatic amines is 1. The third-order valence-corrected chi connectivity index (χ3v) is 7.38. The molecule has 0 unspecified atom stereocenters. The number of tetrazole rings is 1. The Kier molecular flexibility index (Phi) is 5.06. The zero-order valence-corrected chi connectivity index (χ0v) is 18.1. The fourth-order valence-corrected chi connectivity index (χ4v) is 4.80. The number of nitrogens with one attached hydrogen (secondary N) is 1. The van der Waals surface area contributed by atoms with E-state index in [4.69, 9.17) is 0 Å². The molecule has 0 amide bonds. The van der Waals surface area contributed by atoms with E-state index in [-0.39, 0.29) is 21.8 Å². The lowest BCUT2D eigenvalue weighted by molar-refractivity contribution is 0.528. The fraction of sp³-hybridized carbons (Fsp3) is 0.400. The molecule has 2 aromatic heterocycles. The van der Waals surface area contributed by atoms with Crippen LogP contribution in [-0.2, 0) is 20.0 Å². The first-order chi connectivity index (χ1) is 13.4. The van der Waals surface area contributed by atoms with Gasteiger partial charge in [0.2, 0.25) is 15.7 Å². The number of sulfone groups is 1. The maximum Gasteiger partial charge on any atom is 0.204 e. The summed E-state index contributed by atoms with van der Waals surface area (Å²) in [6.07, 6.45) is 0. The van der Waals surface area contributed by atoms with E-state index < -0.39 is 20.4 Å². The number of aryl methyl sites for hydroxylation is 1. The molecule has 7 nitrogen and oxygen atoms in total. The molecule has 3 rings (SSSR count). The second-order valence-electron chi connectivity index (χ2n) is 8.48. The highest BCUT2D eigenvalue weighted by molar-refractivity contribution is 7.92. The molecule has 0 aliphatic carbocycles. The lowest BCUT2D eigenvalue weighted by Gasteiger charge is -2.27. The van der Waals surface area contributed by atoms with Crippen LogP contribution in [0.1, 0.15) is 51.4 Å². The van der Waals surface area contributed by atoms with E-state index in [0.717, 1.165) is 5.56 Å². The van der Waals surface area contributed by atoms with Gasteiger partial charge in [-0.05, 0) is 49.1 Å². The smallest absolute Gasteiger partial charge is 0.204 e. The second-order valence-corrected chi connectivity index (χ2v) is 10.9. The van der Waals surface area contributed by atoms with E-state index in [2.05, 4.69) is 25.6 Å². The number of hydrogen-bond acceptors (Lipinski definition) is 6.